The van der Waals surface area contributed by atoms with Crippen molar-refractivity contribution in [3.05, 3.63) is 63.2 Å². The summed E-state index contributed by atoms with van der Waals surface area (Å²) in [4.78, 5) is 15.9. The normalized spacial score (nSPS) is 11.3. The zero-order chi connectivity index (χ0) is 19.4. The van der Waals surface area contributed by atoms with Gasteiger partial charge in [0.25, 0.3) is 0 Å². The molecule has 0 bridgehead atoms. The SMILES string of the molecule is CCN(C)C=Nc1cc(C)c(Cc2nc(-c3ccc(C)nc3)cs2)cc1C. The second-order valence-electron chi connectivity index (χ2n) is 6.87. The number of pyridine rings is 1. The highest BCUT2D eigenvalue weighted by molar-refractivity contribution is 7.10. The van der Waals surface area contributed by atoms with Crippen LogP contribution in [0.3, 0.4) is 0 Å². The van der Waals surface area contributed by atoms with Gasteiger partial charge in [-0.2, -0.15) is 0 Å². The number of nitrogens with zero attached hydrogens (tertiary/aromatic N) is 4. The number of rotatable bonds is 6. The quantitative estimate of drug-likeness (QED) is 0.430. The Labute approximate surface area is 165 Å². The fourth-order valence-electron chi connectivity index (χ4n) is 2.74. The van der Waals surface area contributed by atoms with Crippen LogP contribution >= 0.6 is 11.3 Å². The fraction of sp³-hybridized carbons (Fsp3) is 0.318. The van der Waals surface area contributed by atoms with E-state index in [0.717, 1.165) is 40.6 Å². The Kier molecular flexibility index (Phi) is 6.01. The molecule has 3 rings (SSSR count). The van der Waals surface area contributed by atoms with Crippen molar-refractivity contribution < 1.29 is 0 Å². The van der Waals surface area contributed by atoms with Gasteiger partial charge in [0.05, 0.1) is 22.7 Å². The van der Waals surface area contributed by atoms with E-state index in [0.29, 0.717) is 0 Å². The van der Waals surface area contributed by atoms with Crippen molar-refractivity contribution in [1.82, 2.24) is 14.9 Å². The molecule has 0 aliphatic heterocycles. The Morgan fingerprint density at radius 2 is 1.96 bits per heavy atom. The number of thiazole rings is 1. The first-order chi connectivity index (χ1) is 13.0. The summed E-state index contributed by atoms with van der Waals surface area (Å²) in [5.74, 6) is 0. The first-order valence-corrected chi connectivity index (χ1v) is 10.1. The molecule has 2 heterocycles. The van der Waals surface area contributed by atoms with Crippen molar-refractivity contribution in [3.63, 3.8) is 0 Å². The summed E-state index contributed by atoms with van der Waals surface area (Å²) in [7, 11) is 2.03. The molecule has 27 heavy (non-hydrogen) atoms. The molecule has 2 aromatic heterocycles. The summed E-state index contributed by atoms with van der Waals surface area (Å²) in [6.07, 6.45) is 4.63. The van der Waals surface area contributed by atoms with E-state index in [4.69, 9.17) is 4.98 Å². The first kappa shape index (κ1) is 19.2. The Hall–Kier alpha value is -2.53. The summed E-state index contributed by atoms with van der Waals surface area (Å²) >= 11 is 1.70. The molecular weight excluding hydrogens is 352 g/mol. The van der Waals surface area contributed by atoms with Gasteiger partial charge in [0, 0.05) is 42.8 Å². The van der Waals surface area contributed by atoms with Crippen molar-refractivity contribution in [2.45, 2.75) is 34.1 Å². The van der Waals surface area contributed by atoms with Crippen LogP contribution in [0.4, 0.5) is 5.69 Å². The third kappa shape index (κ3) is 4.80. The largest absolute Gasteiger partial charge is 0.366 e. The van der Waals surface area contributed by atoms with Gasteiger partial charge in [0.15, 0.2) is 0 Å². The monoisotopic (exact) mass is 378 g/mol. The molecule has 5 heteroatoms. The van der Waals surface area contributed by atoms with E-state index in [-0.39, 0.29) is 0 Å². The molecule has 0 aliphatic rings. The molecule has 0 amide bonds. The average molecular weight is 379 g/mol. The minimum absolute atomic E-state index is 0.843. The van der Waals surface area contributed by atoms with Crippen molar-refractivity contribution >= 4 is 23.4 Å². The lowest BCUT2D eigenvalue weighted by Gasteiger charge is -2.11. The molecule has 140 valence electrons. The van der Waals surface area contributed by atoms with E-state index in [2.05, 4.69) is 59.2 Å². The molecule has 0 unspecified atom stereocenters. The lowest BCUT2D eigenvalue weighted by Crippen LogP contribution is -2.14. The van der Waals surface area contributed by atoms with Crippen LogP contribution in [0.1, 0.15) is 34.3 Å². The zero-order valence-corrected chi connectivity index (χ0v) is 17.5. The van der Waals surface area contributed by atoms with Crippen LogP contribution in [-0.4, -0.2) is 34.8 Å². The molecular formula is C22H26N4S. The summed E-state index contributed by atoms with van der Waals surface area (Å²) in [6, 6.07) is 8.51. The highest BCUT2D eigenvalue weighted by Crippen LogP contribution is 2.27. The lowest BCUT2D eigenvalue weighted by molar-refractivity contribution is 0.552. The predicted octanol–water partition coefficient (Wildman–Crippen LogP) is 5.33. The first-order valence-electron chi connectivity index (χ1n) is 9.18. The maximum Gasteiger partial charge on any atom is 0.0976 e. The third-order valence-electron chi connectivity index (χ3n) is 4.65. The average Bonchev–Trinajstić information content (AvgIpc) is 3.12. The van der Waals surface area contributed by atoms with E-state index < -0.39 is 0 Å². The predicted molar refractivity (Wildman–Crippen MR) is 115 cm³/mol. The number of hydrogen-bond donors (Lipinski definition) is 0. The number of aliphatic imine (C=N–C) groups is 1. The van der Waals surface area contributed by atoms with Crippen LogP contribution in [0.25, 0.3) is 11.3 Å². The summed E-state index contributed by atoms with van der Waals surface area (Å²) in [6.45, 7) is 9.32. The van der Waals surface area contributed by atoms with E-state index in [9.17, 15) is 0 Å². The van der Waals surface area contributed by atoms with Crippen molar-refractivity contribution in [2.75, 3.05) is 13.6 Å². The molecule has 0 saturated carbocycles. The van der Waals surface area contributed by atoms with Gasteiger partial charge in [0.1, 0.15) is 0 Å². The smallest absolute Gasteiger partial charge is 0.0976 e. The standard InChI is InChI=1S/C22H26N4S/c1-6-26(5)14-24-20-10-15(2)19(9-16(20)3)11-22-25-21(13-27-22)18-8-7-17(4)23-12-18/h7-10,12-14H,6,11H2,1-5H3. The molecule has 4 nitrogen and oxygen atoms in total. The summed E-state index contributed by atoms with van der Waals surface area (Å²) in [5, 5.41) is 3.23. The highest BCUT2D eigenvalue weighted by Gasteiger charge is 2.09. The molecule has 0 fully saturated rings. The van der Waals surface area contributed by atoms with Crippen LogP contribution in [0.2, 0.25) is 0 Å². The second-order valence-corrected chi connectivity index (χ2v) is 7.82. The second kappa shape index (κ2) is 8.44. The lowest BCUT2D eigenvalue weighted by atomic mass is 10.0. The zero-order valence-electron chi connectivity index (χ0n) is 16.7. The molecule has 0 radical (unpaired) electrons. The Bertz CT molecular complexity index is 941. The fourth-order valence-corrected chi connectivity index (χ4v) is 3.57. The van der Waals surface area contributed by atoms with Crippen molar-refractivity contribution in [3.8, 4) is 11.3 Å². The van der Waals surface area contributed by atoms with Gasteiger partial charge in [-0.3, -0.25) is 4.98 Å². The van der Waals surface area contributed by atoms with Gasteiger partial charge in [-0.15, -0.1) is 11.3 Å². The molecule has 3 aromatic rings. The van der Waals surface area contributed by atoms with Gasteiger partial charge in [0.2, 0.25) is 0 Å². The van der Waals surface area contributed by atoms with E-state index in [1.165, 1.54) is 16.7 Å². The number of benzene rings is 1. The van der Waals surface area contributed by atoms with Gasteiger partial charge in [-0.25, -0.2) is 9.98 Å². The Morgan fingerprint density at radius 1 is 1.15 bits per heavy atom. The van der Waals surface area contributed by atoms with Crippen LogP contribution in [0.15, 0.2) is 40.8 Å². The topological polar surface area (TPSA) is 41.4 Å². The molecule has 0 saturated heterocycles. The van der Waals surface area contributed by atoms with E-state index in [1.807, 2.05) is 32.6 Å². The van der Waals surface area contributed by atoms with Crippen LogP contribution < -0.4 is 0 Å². The van der Waals surface area contributed by atoms with Crippen molar-refractivity contribution in [1.29, 1.82) is 0 Å². The summed E-state index contributed by atoms with van der Waals surface area (Å²) in [5.41, 5.74) is 7.87. The van der Waals surface area contributed by atoms with Gasteiger partial charge < -0.3 is 4.90 Å². The maximum absolute atomic E-state index is 4.81. The van der Waals surface area contributed by atoms with Gasteiger partial charge in [-0.05, 0) is 62.6 Å². The van der Waals surface area contributed by atoms with Crippen molar-refractivity contribution in [2.24, 2.45) is 4.99 Å². The maximum atomic E-state index is 4.81. The van der Waals surface area contributed by atoms with E-state index >= 15 is 0 Å². The molecule has 0 atom stereocenters. The molecule has 1 aromatic carbocycles. The van der Waals surface area contributed by atoms with Crippen LogP contribution in [0, 0.1) is 20.8 Å². The van der Waals surface area contributed by atoms with Gasteiger partial charge in [-0.1, -0.05) is 6.07 Å². The minimum atomic E-state index is 0.843. The van der Waals surface area contributed by atoms with Crippen LogP contribution in [-0.2, 0) is 6.42 Å². The summed E-state index contributed by atoms with van der Waals surface area (Å²) < 4.78 is 0. The number of aryl methyl sites for hydroxylation is 3. The van der Waals surface area contributed by atoms with Crippen LogP contribution in [0.5, 0.6) is 0 Å². The third-order valence-corrected chi connectivity index (χ3v) is 5.50. The molecule has 0 aliphatic carbocycles. The Morgan fingerprint density at radius 3 is 2.67 bits per heavy atom. The van der Waals surface area contributed by atoms with Gasteiger partial charge >= 0.3 is 0 Å². The van der Waals surface area contributed by atoms with E-state index in [1.54, 1.807) is 11.3 Å². The minimum Gasteiger partial charge on any atom is -0.366 e. The number of hydrogen-bond acceptors (Lipinski definition) is 4. The molecule has 0 spiro atoms. The number of aromatic nitrogens is 2. The molecule has 0 N–H and O–H groups in total. The Balaban J connectivity index is 1.79. The highest BCUT2D eigenvalue weighted by atomic mass is 32.1.